The van der Waals surface area contributed by atoms with Crippen LogP contribution in [-0.4, -0.2) is 22.8 Å². The van der Waals surface area contributed by atoms with Crippen molar-refractivity contribution in [1.29, 1.82) is 0 Å². The third-order valence-electron chi connectivity index (χ3n) is 4.01. The SMILES string of the molecule is CN1Cc2cc(-c3cnc4ccccc4c3)ccc2C1=O. The van der Waals surface area contributed by atoms with Gasteiger partial charge in [-0.05, 0) is 35.4 Å². The lowest BCUT2D eigenvalue weighted by Gasteiger charge is -2.05. The summed E-state index contributed by atoms with van der Waals surface area (Å²) in [5.41, 5.74) is 5.09. The topological polar surface area (TPSA) is 33.2 Å². The Bertz CT molecular complexity index is 870. The molecule has 2 heterocycles. The van der Waals surface area contributed by atoms with Crippen molar-refractivity contribution in [1.82, 2.24) is 9.88 Å². The first-order chi connectivity index (χ1) is 10.2. The molecule has 1 amide bonds. The predicted molar refractivity (Wildman–Crippen MR) is 83.0 cm³/mol. The third-order valence-corrected chi connectivity index (χ3v) is 4.01. The zero-order valence-corrected chi connectivity index (χ0v) is 11.7. The monoisotopic (exact) mass is 274 g/mol. The van der Waals surface area contributed by atoms with E-state index in [0.29, 0.717) is 6.54 Å². The largest absolute Gasteiger partial charge is 0.337 e. The zero-order valence-electron chi connectivity index (χ0n) is 11.7. The molecule has 1 aliphatic rings. The molecule has 3 nitrogen and oxygen atoms in total. The Morgan fingerprint density at radius 2 is 1.90 bits per heavy atom. The fourth-order valence-electron chi connectivity index (χ4n) is 2.87. The van der Waals surface area contributed by atoms with Gasteiger partial charge in [0.2, 0.25) is 0 Å². The second-order valence-electron chi connectivity index (χ2n) is 5.45. The Hall–Kier alpha value is -2.68. The van der Waals surface area contributed by atoms with Crippen LogP contribution in [0.2, 0.25) is 0 Å². The first-order valence-corrected chi connectivity index (χ1v) is 6.96. The molecule has 3 aromatic rings. The van der Waals surface area contributed by atoms with E-state index in [-0.39, 0.29) is 5.91 Å². The highest BCUT2D eigenvalue weighted by Crippen LogP contribution is 2.28. The molecule has 0 atom stereocenters. The Labute approximate surface area is 122 Å². The van der Waals surface area contributed by atoms with Gasteiger partial charge in [0.25, 0.3) is 5.91 Å². The Balaban J connectivity index is 1.83. The highest BCUT2D eigenvalue weighted by atomic mass is 16.2. The molecule has 0 N–H and O–H groups in total. The van der Waals surface area contributed by atoms with Gasteiger partial charge < -0.3 is 4.90 Å². The highest BCUT2D eigenvalue weighted by Gasteiger charge is 2.24. The van der Waals surface area contributed by atoms with Crippen LogP contribution in [0, 0.1) is 0 Å². The number of pyridine rings is 1. The highest BCUT2D eigenvalue weighted by molar-refractivity contribution is 5.99. The maximum absolute atomic E-state index is 11.9. The van der Waals surface area contributed by atoms with Gasteiger partial charge in [0, 0.05) is 36.3 Å². The number of fused-ring (bicyclic) bond motifs is 2. The van der Waals surface area contributed by atoms with Crippen LogP contribution in [0.4, 0.5) is 0 Å². The molecule has 0 saturated heterocycles. The molecular weight excluding hydrogens is 260 g/mol. The van der Waals surface area contributed by atoms with E-state index in [0.717, 1.165) is 33.2 Å². The van der Waals surface area contributed by atoms with Crippen molar-refractivity contribution in [3.63, 3.8) is 0 Å². The lowest BCUT2D eigenvalue weighted by Crippen LogP contribution is -2.17. The summed E-state index contributed by atoms with van der Waals surface area (Å²) in [4.78, 5) is 18.2. The lowest BCUT2D eigenvalue weighted by molar-refractivity contribution is 0.0816. The second-order valence-corrected chi connectivity index (χ2v) is 5.45. The minimum Gasteiger partial charge on any atom is -0.337 e. The standard InChI is InChI=1S/C18H14N2O/c1-20-11-15-8-12(6-7-16(15)18(20)21)14-9-13-4-2-3-5-17(13)19-10-14/h2-10H,11H2,1H3. The Morgan fingerprint density at radius 3 is 2.81 bits per heavy atom. The van der Waals surface area contributed by atoms with Gasteiger partial charge in [0.1, 0.15) is 0 Å². The van der Waals surface area contributed by atoms with Gasteiger partial charge in [-0.3, -0.25) is 9.78 Å². The molecule has 0 bridgehead atoms. The molecule has 0 unspecified atom stereocenters. The summed E-state index contributed by atoms with van der Waals surface area (Å²) in [6.45, 7) is 0.684. The molecule has 1 aliphatic heterocycles. The number of rotatable bonds is 1. The molecule has 102 valence electrons. The van der Waals surface area contributed by atoms with Crippen LogP contribution in [0.3, 0.4) is 0 Å². The molecule has 0 spiro atoms. The number of nitrogens with zero attached hydrogens (tertiary/aromatic N) is 2. The minimum absolute atomic E-state index is 0.105. The van der Waals surface area contributed by atoms with Gasteiger partial charge in [-0.15, -0.1) is 0 Å². The van der Waals surface area contributed by atoms with E-state index in [1.165, 1.54) is 0 Å². The number of carbonyl (C=O) groups excluding carboxylic acids is 1. The van der Waals surface area contributed by atoms with E-state index in [1.54, 1.807) is 4.90 Å². The Morgan fingerprint density at radius 1 is 1.05 bits per heavy atom. The maximum atomic E-state index is 11.9. The number of hydrogen-bond donors (Lipinski definition) is 0. The summed E-state index contributed by atoms with van der Waals surface area (Å²) < 4.78 is 0. The molecule has 2 aromatic carbocycles. The lowest BCUT2D eigenvalue weighted by atomic mass is 10.0. The van der Waals surface area contributed by atoms with Crippen LogP contribution in [0.5, 0.6) is 0 Å². The fraction of sp³-hybridized carbons (Fsp3) is 0.111. The quantitative estimate of drug-likeness (QED) is 0.680. The Kier molecular flexibility index (Phi) is 2.54. The number of hydrogen-bond acceptors (Lipinski definition) is 2. The summed E-state index contributed by atoms with van der Waals surface area (Å²) in [6.07, 6.45) is 1.89. The molecule has 3 heteroatoms. The first kappa shape index (κ1) is 12.1. The molecule has 0 saturated carbocycles. The summed E-state index contributed by atoms with van der Waals surface area (Å²) in [5.74, 6) is 0.105. The van der Waals surface area contributed by atoms with Crippen molar-refractivity contribution in [2.24, 2.45) is 0 Å². The van der Waals surface area contributed by atoms with E-state index in [4.69, 9.17) is 0 Å². The summed E-state index contributed by atoms with van der Waals surface area (Å²) in [6, 6.07) is 16.3. The van der Waals surface area contributed by atoms with Crippen molar-refractivity contribution < 1.29 is 4.79 Å². The van der Waals surface area contributed by atoms with Gasteiger partial charge in [0.15, 0.2) is 0 Å². The van der Waals surface area contributed by atoms with Crippen LogP contribution >= 0.6 is 0 Å². The van der Waals surface area contributed by atoms with Gasteiger partial charge in [-0.25, -0.2) is 0 Å². The van der Waals surface area contributed by atoms with Gasteiger partial charge >= 0.3 is 0 Å². The fourth-order valence-corrected chi connectivity index (χ4v) is 2.87. The van der Waals surface area contributed by atoms with Crippen LogP contribution in [-0.2, 0) is 6.54 Å². The number of para-hydroxylation sites is 1. The normalized spacial score (nSPS) is 13.8. The third kappa shape index (κ3) is 1.89. The average Bonchev–Trinajstić information content (AvgIpc) is 2.81. The van der Waals surface area contributed by atoms with E-state index in [9.17, 15) is 4.79 Å². The number of aromatic nitrogens is 1. The number of carbonyl (C=O) groups is 1. The molecule has 0 fully saturated rings. The first-order valence-electron chi connectivity index (χ1n) is 6.96. The molecule has 0 radical (unpaired) electrons. The summed E-state index contributed by atoms with van der Waals surface area (Å²) in [5, 5.41) is 1.13. The molecule has 4 rings (SSSR count). The summed E-state index contributed by atoms with van der Waals surface area (Å²) in [7, 11) is 1.83. The zero-order chi connectivity index (χ0) is 14.4. The van der Waals surface area contributed by atoms with Gasteiger partial charge in [-0.2, -0.15) is 0 Å². The smallest absolute Gasteiger partial charge is 0.254 e. The molecule has 0 aliphatic carbocycles. The second kappa shape index (κ2) is 4.42. The number of amides is 1. The molecular formula is C18H14N2O. The average molecular weight is 274 g/mol. The van der Waals surface area contributed by atoms with Crippen LogP contribution < -0.4 is 0 Å². The minimum atomic E-state index is 0.105. The van der Waals surface area contributed by atoms with Crippen molar-refractivity contribution in [2.75, 3.05) is 7.05 Å². The molecule has 1 aromatic heterocycles. The van der Waals surface area contributed by atoms with E-state index in [1.807, 2.05) is 43.6 Å². The van der Waals surface area contributed by atoms with Gasteiger partial charge in [0.05, 0.1) is 5.52 Å². The van der Waals surface area contributed by atoms with Crippen molar-refractivity contribution in [2.45, 2.75) is 6.54 Å². The summed E-state index contributed by atoms with van der Waals surface area (Å²) >= 11 is 0. The van der Waals surface area contributed by atoms with Crippen molar-refractivity contribution >= 4 is 16.8 Å². The van der Waals surface area contributed by atoms with Crippen LogP contribution in [0.15, 0.2) is 54.7 Å². The van der Waals surface area contributed by atoms with Crippen molar-refractivity contribution in [3.05, 3.63) is 65.9 Å². The van der Waals surface area contributed by atoms with E-state index < -0.39 is 0 Å². The van der Waals surface area contributed by atoms with E-state index >= 15 is 0 Å². The predicted octanol–water partition coefficient (Wildman–Crippen LogP) is 3.49. The van der Waals surface area contributed by atoms with Crippen molar-refractivity contribution in [3.8, 4) is 11.1 Å². The molecule has 21 heavy (non-hydrogen) atoms. The van der Waals surface area contributed by atoms with Crippen LogP contribution in [0.25, 0.3) is 22.0 Å². The van der Waals surface area contributed by atoms with Gasteiger partial charge in [-0.1, -0.05) is 24.3 Å². The number of benzene rings is 2. The van der Waals surface area contributed by atoms with Crippen LogP contribution in [0.1, 0.15) is 15.9 Å². The van der Waals surface area contributed by atoms with E-state index in [2.05, 4.69) is 23.2 Å². The maximum Gasteiger partial charge on any atom is 0.254 e.